The molecule has 2 aromatic rings. The third kappa shape index (κ3) is 2.79. The van der Waals surface area contributed by atoms with Crippen molar-refractivity contribution in [2.24, 2.45) is 0 Å². The average Bonchev–Trinajstić information content (AvgIpc) is 3.09. The van der Waals surface area contributed by atoms with Gasteiger partial charge in [-0.1, -0.05) is 0 Å². The van der Waals surface area contributed by atoms with E-state index in [9.17, 15) is 9.90 Å². The Morgan fingerprint density at radius 1 is 1.40 bits per heavy atom. The second kappa shape index (κ2) is 5.82. The van der Waals surface area contributed by atoms with Crippen LogP contribution in [0.3, 0.4) is 0 Å². The highest BCUT2D eigenvalue weighted by Gasteiger charge is 2.30. The number of benzene rings is 1. The van der Waals surface area contributed by atoms with Gasteiger partial charge in [0.1, 0.15) is 6.10 Å². The van der Waals surface area contributed by atoms with Gasteiger partial charge in [-0.15, -0.1) is 11.3 Å². The summed E-state index contributed by atoms with van der Waals surface area (Å²) in [5, 5.41) is 12.2. The van der Waals surface area contributed by atoms with Gasteiger partial charge in [0, 0.05) is 35.1 Å². The van der Waals surface area contributed by atoms with Gasteiger partial charge in [-0.25, -0.2) is 4.98 Å². The SMILES string of the molecule is O=C1C(O)CCN1c1ccc(SNc2nccs2)cc1. The van der Waals surface area contributed by atoms with E-state index < -0.39 is 6.10 Å². The Kier molecular flexibility index (Phi) is 3.90. The molecule has 2 N–H and O–H groups in total. The molecule has 1 amide bonds. The predicted octanol–water partition coefficient (Wildman–Crippen LogP) is 2.36. The first-order valence-electron chi connectivity index (χ1n) is 6.16. The lowest BCUT2D eigenvalue weighted by Crippen LogP contribution is -2.28. The molecule has 0 spiro atoms. The Labute approximate surface area is 124 Å². The normalized spacial score (nSPS) is 18.6. The van der Waals surface area contributed by atoms with Crippen LogP contribution in [-0.2, 0) is 4.79 Å². The van der Waals surface area contributed by atoms with Crippen LogP contribution in [0.25, 0.3) is 0 Å². The largest absolute Gasteiger partial charge is 0.383 e. The molecule has 1 fully saturated rings. The molecule has 20 heavy (non-hydrogen) atoms. The molecule has 1 aromatic carbocycles. The number of aromatic nitrogens is 1. The van der Waals surface area contributed by atoms with Gasteiger partial charge in [-0.05, 0) is 36.2 Å². The standard InChI is InChI=1S/C13H13N3O2S2/c17-11-5-7-16(12(11)18)9-1-3-10(4-2-9)20-15-13-14-6-8-19-13/h1-4,6,8,11,17H,5,7H2,(H,14,15). The molecule has 2 heterocycles. The highest BCUT2D eigenvalue weighted by Crippen LogP contribution is 2.26. The maximum Gasteiger partial charge on any atom is 0.255 e. The molecule has 1 aromatic heterocycles. The van der Waals surface area contributed by atoms with E-state index in [1.807, 2.05) is 29.6 Å². The van der Waals surface area contributed by atoms with Gasteiger partial charge in [0.15, 0.2) is 5.13 Å². The number of carbonyl (C=O) groups excluding carboxylic acids is 1. The Morgan fingerprint density at radius 2 is 2.20 bits per heavy atom. The summed E-state index contributed by atoms with van der Waals surface area (Å²) >= 11 is 3.02. The number of thiazole rings is 1. The summed E-state index contributed by atoms with van der Waals surface area (Å²) in [5.74, 6) is -0.216. The molecule has 1 saturated heterocycles. The smallest absolute Gasteiger partial charge is 0.255 e. The quantitative estimate of drug-likeness (QED) is 0.849. The summed E-state index contributed by atoms with van der Waals surface area (Å²) in [6, 6.07) is 7.67. The third-order valence-corrected chi connectivity index (χ3v) is 4.64. The third-order valence-electron chi connectivity index (χ3n) is 3.01. The van der Waals surface area contributed by atoms with Crippen LogP contribution in [0, 0.1) is 0 Å². The molecule has 0 bridgehead atoms. The summed E-state index contributed by atoms with van der Waals surface area (Å²) in [5.41, 5.74) is 0.824. The van der Waals surface area contributed by atoms with E-state index in [4.69, 9.17) is 0 Å². The van der Waals surface area contributed by atoms with E-state index in [0.29, 0.717) is 13.0 Å². The number of amides is 1. The number of rotatable bonds is 4. The second-order valence-corrected chi connectivity index (χ2v) is 6.10. The summed E-state index contributed by atoms with van der Waals surface area (Å²) in [4.78, 5) is 18.5. The zero-order chi connectivity index (χ0) is 13.9. The fourth-order valence-corrected chi connectivity index (χ4v) is 3.21. The molecule has 1 atom stereocenters. The van der Waals surface area contributed by atoms with Crippen LogP contribution in [0.15, 0.2) is 40.7 Å². The summed E-state index contributed by atoms with van der Waals surface area (Å²) in [6.07, 6.45) is 1.40. The van der Waals surface area contributed by atoms with Gasteiger partial charge in [0.05, 0.1) is 0 Å². The van der Waals surface area contributed by atoms with Gasteiger partial charge in [-0.3, -0.25) is 4.79 Å². The van der Waals surface area contributed by atoms with E-state index in [2.05, 4.69) is 9.71 Å². The minimum absolute atomic E-state index is 0.216. The van der Waals surface area contributed by atoms with E-state index in [1.54, 1.807) is 22.4 Å². The Balaban J connectivity index is 1.64. The first-order valence-corrected chi connectivity index (χ1v) is 7.85. The lowest BCUT2D eigenvalue weighted by atomic mass is 10.3. The fraction of sp³-hybridized carbons (Fsp3) is 0.231. The van der Waals surface area contributed by atoms with Gasteiger partial charge in [0.25, 0.3) is 5.91 Å². The first-order chi connectivity index (χ1) is 9.74. The first kappa shape index (κ1) is 13.4. The maximum absolute atomic E-state index is 11.7. The highest BCUT2D eigenvalue weighted by atomic mass is 32.2. The zero-order valence-electron chi connectivity index (χ0n) is 10.5. The Morgan fingerprint density at radius 3 is 2.80 bits per heavy atom. The van der Waals surface area contributed by atoms with Crippen LogP contribution >= 0.6 is 23.3 Å². The van der Waals surface area contributed by atoms with Crippen molar-refractivity contribution in [3.63, 3.8) is 0 Å². The zero-order valence-corrected chi connectivity index (χ0v) is 12.2. The summed E-state index contributed by atoms with van der Waals surface area (Å²) in [6.45, 7) is 0.573. The molecule has 0 aliphatic carbocycles. The van der Waals surface area contributed by atoms with Crippen molar-refractivity contribution in [1.29, 1.82) is 0 Å². The van der Waals surface area contributed by atoms with Crippen LogP contribution in [0.1, 0.15) is 6.42 Å². The molecule has 0 saturated carbocycles. The molecule has 0 radical (unpaired) electrons. The van der Waals surface area contributed by atoms with Crippen molar-refractivity contribution in [3.8, 4) is 0 Å². The van der Waals surface area contributed by atoms with Gasteiger partial charge < -0.3 is 14.7 Å². The number of anilines is 2. The average molecular weight is 307 g/mol. The molecule has 7 heteroatoms. The molecular formula is C13H13N3O2S2. The van der Waals surface area contributed by atoms with Crippen LogP contribution in [0.5, 0.6) is 0 Å². The van der Waals surface area contributed by atoms with E-state index in [1.165, 1.54) is 11.9 Å². The van der Waals surface area contributed by atoms with Crippen molar-refractivity contribution in [1.82, 2.24) is 4.98 Å². The van der Waals surface area contributed by atoms with Gasteiger partial charge in [0.2, 0.25) is 0 Å². The molecular weight excluding hydrogens is 294 g/mol. The number of carbonyl (C=O) groups is 1. The predicted molar refractivity (Wildman–Crippen MR) is 81.0 cm³/mol. The summed E-state index contributed by atoms with van der Waals surface area (Å²) in [7, 11) is 0. The number of nitrogens with zero attached hydrogens (tertiary/aromatic N) is 2. The summed E-state index contributed by atoms with van der Waals surface area (Å²) < 4.78 is 3.15. The molecule has 1 aliphatic heterocycles. The number of aliphatic hydroxyl groups excluding tert-OH is 1. The minimum Gasteiger partial charge on any atom is -0.383 e. The molecule has 104 valence electrons. The Bertz CT molecular complexity index is 586. The maximum atomic E-state index is 11.7. The van der Waals surface area contributed by atoms with Crippen molar-refractivity contribution in [3.05, 3.63) is 35.8 Å². The van der Waals surface area contributed by atoms with Crippen molar-refractivity contribution in [2.75, 3.05) is 16.2 Å². The van der Waals surface area contributed by atoms with E-state index in [-0.39, 0.29) is 5.91 Å². The van der Waals surface area contributed by atoms with Crippen molar-refractivity contribution in [2.45, 2.75) is 17.4 Å². The highest BCUT2D eigenvalue weighted by molar-refractivity contribution is 8.00. The van der Waals surface area contributed by atoms with Gasteiger partial charge in [-0.2, -0.15) is 0 Å². The second-order valence-electron chi connectivity index (χ2n) is 4.33. The monoisotopic (exact) mass is 307 g/mol. The fourth-order valence-electron chi connectivity index (χ4n) is 1.99. The van der Waals surface area contributed by atoms with Crippen LogP contribution in [0.2, 0.25) is 0 Å². The van der Waals surface area contributed by atoms with Crippen molar-refractivity contribution < 1.29 is 9.90 Å². The lowest BCUT2D eigenvalue weighted by Gasteiger charge is -2.16. The number of hydrogen-bond acceptors (Lipinski definition) is 6. The van der Waals surface area contributed by atoms with E-state index >= 15 is 0 Å². The number of hydrogen-bond donors (Lipinski definition) is 2. The van der Waals surface area contributed by atoms with Crippen LogP contribution in [-0.4, -0.2) is 28.6 Å². The minimum atomic E-state index is -0.851. The molecule has 1 aliphatic rings. The van der Waals surface area contributed by atoms with Gasteiger partial charge >= 0.3 is 0 Å². The lowest BCUT2D eigenvalue weighted by molar-refractivity contribution is -0.123. The van der Waals surface area contributed by atoms with E-state index in [0.717, 1.165) is 15.7 Å². The van der Waals surface area contributed by atoms with Crippen LogP contribution in [0.4, 0.5) is 10.8 Å². The molecule has 5 nitrogen and oxygen atoms in total. The Hall–Kier alpha value is -1.57. The molecule has 1 unspecified atom stereocenters. The topological polar surface area (TPSA) is 65.5 Å². The van der Waals surface area contributed by atoms with Crippen LogP contribution < -0.4 is 9.62 Å². The molecule has 3 rings (SSSR count). The number of nitrogens with one attached hydrogen (secondary N) is 1. The number of aliphatic hydroxyl groups is 1. The van der Waals surface area contributed by atoms with Crippen molar-refractivity contribution >= 4 is 40.0 Å².